The lowest BCUT2D eigenvalue weighted by molar-refractivity contribution is 0.0793. The van der Waals surface area contributed by atoms with E-state index < -0.39 is 0 Å². The predicted octanol–water partition coefficient (Wildman–Crippen LogP) is 3.30. The van der Waals surface area contributed by atoms with Gasteiger partial charge in [0.05, 0.1) is 0 Å². The molecule has 2 fully saturated rings. The molecule has 3 nitrogen and oxygen atoms in total. The van der Waals surface area contributed by atoms with Crippen molar-refractivity contribution in [2.24, 2.45) is 0 Å². The third kappa shape index (κ3) is 3.46. The molecule has 1 atom stereocenters. The third-order valence-corrected chi connectivity index (χ3v) is 4.92. The number of piperidine rings is 1. The SMILES string of the molecule is CC1CCCCN1Cc1ccc(C(=O)N2CCCC2)cc1. The maximum Gasteiger partial charge on any atom is 0.253 e. The highest BCUT2D eigenvalue weighted by atomic mass is 16.2. The molecule has 2 aliphatic heterocycles. The molecule has 0 aromatic heterocycles. The maximum absolute atomic E-state index is 12.3. The van der Waals surface area contributed by atoms with Crippen molar-refractivity contribution < 1.29 is 4.79 Å². The zero-order valence-electron chi connectivity index (χ0n) is 13.1. The molecule has 1 aromatic carbocycles. The molecular formula is C18H26N2O. The Bertz CT molecular complexity index is 476. The summed E-state index contributed by atoms with van der Waals surface area (Å²) in [4.78, 5) is 16.8. The minimum Gasteiger partial charge on any atom is -0.339 e. The molecule has 1 aromatic rings. The van der Waals surface area contributed by atoms with E-state index in [1.54, 1.807) is 0 Å². The molecule has 0 spiro atoms. The average molecular weight is 286 g/mol. The Morgan fingerprint density at radius 1 is 1.05 bits per heavy atom. The lowest BCUT2D eigenvalue weighted by atomic mass is 10.0. The Morgan fingerprint density at radius 3 is 2.38 bits per heavy atom. The van der Waals surface area contributed by atoms with E-state index in [2.05, 4.69) is 24.0 Å². The van der Waals surface area contributed by atoms with Crippen LogP contribution in [0, 0.1) is 0 Å². The van der Waals surface area contributed by atoms with E-state index in [1.165, 1.54) is 31.4 Å². The molecule has 0 N–H and O–H groups in total. The smallest absolute Gasteiger partial charge is 0.253 e. The summed E-state index contributed by atoms with van der Waals surface area (Å²) in [5.41, 5.74) is 2.16. The highest BCUT2D eigenvalue weighted by Crippen LogP contribution is 2.20. The van der Waals surface area contributed by atoms with Crippen LogP contribution in [0.15, 0.2) is 24.3 Å². The number of rotatable bonds is 3. The van der Waals surface area contributed by atoms with Gasteiger partial charge in [-0.1, -0.05) is 18.6 Å². The number of likely N-dealkylation sites (tertiary alicyclic amines) is 2. The molecule has 2 heterocycles. The molecule has 114 valence electrons. The first-order chi connectivity index (χ1) is 10.2. The fourth-order valence-electron chi connectivity index (χ4n) is 3.48. The predicted molar refractivity (Wildman–Crippen MR) is 85.3 cm³/mol. The van der Waals surface area contributed by atoms with Gasteiger partial charge in [0.1, 0.15) is 0 Å². The second kappa shape index (κ2) is 6.61. The summed E-state index contributed by atoms with van der Waals surface area (Å²) in [6.07, 6.45) is 6.29. The number of carbonyl (C=O) groups is 1. The summed E-state index contributed by atoms with van der Waals surface area (Å²) < 4.78 is 0. The van der Waals surface area contributed by atoms with Gasteiger partial charge in [0.25, 0.3) is 5.91 Å². The largest absolute Gasteiger partial charge is 0.339 e. The van der Waals surface area contributed by atoms with Crippen LogP contribution in [0.3, 0.4) is 0 Å². The van der Waals surface area contributed by atoms with Crippen LogP contribution in [0.25, 0.3) is 0 Å². The van der Waals surface area contributed by atoms with Gasteiger partial charge in [0, 0.05) is 31.2 Å². The van der Waals surface area contributed by atoms with Crippen molar-refractivity contribution in [1.29, 1.82) is 0 Å². The minimum absolute atomic E-state index is 0.199. The highest BCUT2D eigenvalue weighted by molar-refractivity contribution is 5.94. The van der Waals surface area contributed by atoms with Crippen LogP contribution in [0.1, 0.15) is 54.9 Å². The summed E-state index contributed by atoms with van der Waals surface area (Å²) in [6.45, 7) is 6.39. The van der Waals surface area contributed by atoms with Crippen molar-refractivity contribution in [2.75, 3.05) is 19.6 Å². The van der Waals surface area contributed by atoms with Crippen molar-refractivity contribution >= 4 is 5.91 Å². The van der Waals surface area contributed by atoms with Gasteiger partial charge in [0.2, 0.25) is 0 Å². The molecule has 0 saturated carbocycles. The van der Waals surface area contributed by atoms with E-state index in [-0.39, 0.29) is 5.91 Å². The third-order valence-electron chi connectivity index (χ3n) is 4.92. The molecular weight excluding hydrogens is 260 g/mol. The monoisotopic (exact) mass is 286 g/mol. The standard InChI is InChI=1S/C18H26N2O/c1-15-6-2-3-13-20(15)14-16-7-9-17(10-8-16)18(21)19-11-4-5-12-19/h7-10,15H,2-6,11-14H2,1H3. The molecule has 3 rings (SSSR count). The van der Waals surface area contributed by atoms with Gasteiger partial charge in [-0.2, -0.15) is 0 Å². The molecule has 3 heteroatoms. The lowest BCUT2D eigenvalue weighted by Gasteiger charge is -2.33. The quantitative estimate of drug-likeness (QED) is 0.851. The van der Waals surface area contributed by atoms with Crippen molar-refractivity contribution in [3.63, 3.8) is 0 Å². The number of benzene rings is 1. The van der Waals surface area contributed by atoms with Gasteiger partial charge in [-0.3, -0.25) is 9.69 Å². The van der Waals surface area contributed by atoms with E-state index >= 15 is 0 Å². The molecule has 1 amide bonds. The van der Waals surface area contributed by atoms with Crippen LogP contribution in [0.4, 0.5) is 0 Å². The molecule has 0 bridgehead atoms. The number of amides is 1. The second-order valence-electron chi connectivity index (χ2n) is 6.51. The van der Waals surface area contributed by atoms with E-state index in [9.17, 15) is 4.79 Å². The van der Waals surface area contributed by atoms with E-state index in [1.807, 2.05) is 17.0 Å². The Morgan fingerprint density at radius 2 is 1.71 bits per heavy atom. The summed E-state index contributed by atoms with van der Waals surface area (Å²) in [5, 5.41) is 0. The molecule has 21 heavy (non-hydrogen) atoms. The normalized spacial score (nSPS) is 23.5. The van der Waals surface area contributed by atoms with E-state index in [0.717, 1.165) is 38.0 Å². The van der Waals surface area contributed by atoms with Crippen LogP contribution in [-0.4, -0.2) is 41.4 Å². The number of hydrogen-bond donors (Lipinski definition) is 0. The van der Waals surface area contributed by atoms with E-state index in [4.69, 9.17) is 0 Å². The fourth-order valence-corrected chi connectivity index (χ4v) is 3.48. The molecule has 0 radical (unpaired) electrons. The molecule has 2 saturated heterocycles. The highest BCUT2D eigenvalue weighted by Gasteiger charge is 2.20. The fraction of sp³-hybridized carbons (Fsp3) is 0.611. The summed E-state index contributed by atoms with van der Waals surface area (Å²) in [7, 11) is 0. The topological polar surface area (TPSA) is 23.6 Å². The van der Waals surface area contributed by atoms with Crippen LogP contribution in [-0.2, 0) is 6.54 Å². The summed E-state index contributed by atoms with van der Waals surface area (Å²) in [5.74, 6) is 0.199. The van der Waals surface area contributed by atoms with Gasteiger partial charge in [-0.15, -0.1) is 0 Å². The van der Waals surface area contributed by atoms with Crippen molar-refractivity contribution in [1.82, 2.24) is 9.80 Å². The minimum atomic E-state index is 0.199. The zero-order valence-corrected chi connectivity index (χ0v) is 13.1. The van der Waals surface area contributed by atoms with Crippen LogP contribution in [0.2, 0.25) is 0 Å². The Balaban J connectivity index is 1.62. The van der Waals surface area contributed by atoms with Gasteiger partial charge >= 0.3 is 0 Å². The van der Waals surface area contributed by atoms with Crippen molar-refractivity contribution in [3.8, 4) is 0 Å². The summed E-state index contributed by atoms with van der Waals surface area (Å²) >= 11 is 0. The first-order valence-electron chi connectivity index (χ1n) is 8.36. The van der Waals surface area contributed by atoms with Crippen LogP contribution < -0.4 is 0 Å². The Kier molecular flexibility index (Phi) is 4.59. The number of carbonyl (C=O) groups excluding carboxylic acids is 1. The lowest BCUT2D eigenvalue weighted by Crippen LogP contribution is -2.36. The van der Waals surface area contributed by atoms with Crippen molar-refractivity contribution in [3.05, 3.63) is 35.4 Å². The van der Waals surface area contributed by atoms with Gasteiger partial charge in [-0.05, 0) is 56.8 Å². The first-order valence-corrected chi connectivity index (χ1v) is 8.36. The first kappa shape index (κ1) is 14.6. The molecule has 1 unspecified atom stereocenters. The van der Waals surface area contributed by atoms with Crippen LogP contribution in [0.5, 0.6) is 0 Å². The number of hydrogen-bond acceptors (Lipinski definition) is 2. The summed E-state index contributed by atoms with van der Waals surface area (Å²) in [6, 6.07) is 8.95. The van der Waals surface area contributed by atoms with Crippen molar-refractivity contribution in [2.45, 2.75) is 51.6 Å². The average Bonchev–Trinajstić information content (AvgIpc) is 3.04. The number of nitrogens with zero attached hydrogens (tertiary/aromatic N) is 2. The zero-order chi connectivity index (χ0) is 14.7. The van der Waals surface area contributed by atoms with E-state index in [0.29, 0.717) is 6.04 Å². The Labute approximate surface area is 127 Å². The maximum atomic E-state index is 12.3. The van der Waals surface area contributed by atoms with Crippen LogP contribution >= 0.6 is 0 Å². The molecule has 2 aliphatic rings. The van der Waals surface area contributed by atoms with Gasteiger partial charge in [-0.25, -0.2) is 0 Å². The van der Waals surface area contributed by atoms with Gasteiger partial charge in [0.15, 0.2) is 0 Å². The second-order valence-corrected chi connectivity index (χ2v) is 6.51. The van der Waals surface area contributed by atoms with Gasteiger partial charge < -0.3 is 4.90 Å². The Hall–Kier alpha value is -1.35. The molecule has 0 aliphatic carbocycles.